The zero-order valence-electron chi connectivity index (χ0n) is 11.9. The Labute approximate surface area is 116 Å². The van der Waals surface area contributed by atoms with Gasteiger partial charge in [-0.3, -0.25) is 4.79 Å². The molecule has 5 nitrogen and oxygen atoms in total. The van der Waals surface area contributed by atoms with E-state index in [1.54, 1.807) is 0 Å². The van der Waals surface area contributed by atoms with Crippen LogP contribution in [0, 0.1) is 11.8 Å². The largest absolute Gasteiger partial charge is 0.354 e. The summed E-state index contributed by atoms with van der Waals surface area (Å²) in [6.45, 7) is 2.88. The molecule has 0 radical (unpaired) electrons. The van der Waals surface area contributed by atoms with E-state index in [0.29, 0.717) is 18.4 Å². The predicted molar refractivity (Wildman–Crippen MR) is 76.4 cm³/mol. The van der Waals surface area contributed by atoms with Crippen LogP contribution in [0.15, 0.2) is 0 Å². The number of nitrogens with two attached hydrogens (primary N) is 1. The van der Waals surface area contributed by atoms with E-state index in [2.05, 4.69) is 12.2 Å². The van der Waals surface area contributed by atoms with Crippen molar-refractivity contribution in [1.29, 1.82) is 0 Å². The molecule has 3 atom stereocenters. The molecular weight excluding hydrogens is 264 g/mol. The number of hydrogen-bond acceptors (Lipinski definition) is 4. The zero-order valence-corrected chi connectivity index (χ0v) is 12.7. The monoisotopic (exact) mass is 290 g/mol. The molecule has 6 heteroatoms. The second-order valence-electron chi connectivity index (χ2n) is 5.79. The van der Waals surface area contributed by atoms with Crippen molar-refractivity contribution in [2.24, 2.45) is 17.6 Å². The highest BCUT2D eigenvalue weighted by Gasteiger charge is 2.23. The van der Waals surface area contributed by atoms with E-state index in [1.807, 2.05) is 0 Å². The summed E-state index contributed by atoms with van der Waals surface area (Å²) in [5, 5.41) is 2.86. The minimum atomic E-state index is -3.06. The third-order valence-electron chi connectivity index (χ3n) is 3.96. The Kier molecular flexibility index (Phi) is 6.26. The molecule has 1 rings (SSSR count). The van der Waals surface area contributed by atoms with Crippen molar-refractivity contribution in [2.45, 2.75) is 45.1 Å². The number of sulfone groups is 1. The van der Waals surface area contributed by atoms with Crippen LogP contribution in [-0.4, -0.2) is 38.9 Å². The summed E-state index contributed by atoms with van der Waals surface area (Å²) in [7, 11) is -3.06. The molecule has 0 spiro atoms. The summed E-state index contributed by atoms with van der Waals surface area (Å²) in [5.41, 5.74) is 5.70. The van der Waals surface area contributed by atoms with Crippen LogP contribution in [0.2, 0.25) is 0 Å². The molecular formula is C13H26N2O3S. The lowest BCUT2D eigenvalue weighted by Gasteiger charge is -2.29. The molecule has 1 aliphatic carbocycles. The van der Waals surface area contributed by atoms with Crippen LogP contribution in [0.1, 0.15) is 39.0 Å². The zero-order chi connectivity index (χ0) is 14.5. The maximum absolute atomic E-state index is 11.8. The van der Waals surface area contributed by atoms with E-state index in [1.165, 1.54) is 19.3 Å². The quantitative estimate of drug-likeness (QED) is 0.753. The Morgan fingerprint density at radius 1 is 1.37 bits per heavy atom. The van der Waals surface area contributed by atoms with E-state index < -0.39 is 15.9 Å². The van der Waals surface area contributed by atoms with Gasteiger partial charge in [-0.2, -0.15) is 0 Å². The number of carbonyl (C=O) groups is 1. The second-order valence-corrected chi connectivity index (χ2v) is 8.05. The summed E-state index contributed by atoms with van der Waals surface area (Å²) < 4.78 is 22.0. The first kappa shape index (κ1) is 16.4. The minimum absolute atomic E-state index is 0.0403. The van der Waals surface area contributed by atoms with Crippen LogP contribution in [0.3, 0.4) is 0 Å². The SMILES string of the molecule is CC1CCCCC1CNC(=O)C(N)CCS(C)(=O)=O. The Bertz CT molecular complexity index is 395. The van der Waals surface area contributed by atoms with E-state index in [0.717, 1.165) is 12.7 Å². The van der Waals surface area contributed by atoms with Crippen LogP contribution in [0.4, 0.5) is 0 Å². The van der Waals surface area contributed by atoms with Crippen LogP contribution < -0.4 is 11.1 Å². The van der Waals surface area contributed by atoms with Gasteiger partial charge in [-0.15, -0.1) is 0 Å². The van der Waals surface area contributed by atoms with Gasteiger partial charge in [-0.05, 0) is 24.7 Å². The van der Waals surface area contributed by atoms with Gasteiger partial charge in [0.2, 0.25) is 5.91 Å². The third-order valence-corrected chi connectivity index (χ3v) is 4.94. The summed E-state index contributed by atoms with van der Waals surface area (Å²) in [4.78, 5) is 11.8. The number of hydrogen-bond donors (Lipinski definition) is 2. The summed E-state index contributed by atoms with van der Waals surface area (Å²) in [6, 6.07) is -0.728. The molecule has 19 heavy (non-hydrogen) atoms. The third kappa shape index (κ3) is 6.38. The Morgan fingerprint density at radius 3 is 2.58 bits per heavy atom. The molecule has 1 amide bonds. The van der Waals surface area contributed by atoms with Gasteiger partial charge in [0.1, 0.15) is 9.84 Å². The standard InChI is InChI=1S/C13H26N2O3S/c1-10-5-3-4-6-11(10)9-15-13(16)12(14)7-8-19(2,17)18/h10-12H,3-9,14H2,1-2H3,(H,15,16). The van der Waals surface area contributed by atoms with Crippen LogP contribution in [0.25, 0.3) is 0 Å². The van der Waals surface area contributed by atoms with Gasteiger partial charge in [0.15, 0.2) is 0 Å². The molecule has 0 aromatic rings. The fourth-order valence-electron chi connectivity index (χ4n) is 2.53. The van der Waals surface area contributed by atoms with Gasteiger partial charge >= 0.3 is 0 Å². The number of amides is 1. The maximum Gasteiger partial charge on any atom is 0.236 e. The number of nitrogens with one attached hydrogen (secondary N) is 1. The highest BCUT2D eigenvalue weighted by molar-refractivity contribution is 7.90. The smallest absolute Gasteiger partial charge is 0.236 e. The minimum Gasteiger partial charge on any atom is -0.354 e. The maximum atomic E-state index is 11.8. The molecule has 0 aromatic carbocycles. The van der Waals surface area contributed by atoms with Crippen molar-refractivity contribution in [3.8, 4) is 0 Å². The molecule has 1 aliphatic rings. The van der Waals surface area contributed by atoms with Crippen molar-refractivity contribution < 1.29 is 13.2 Å². The summed E-state index contributed by atoms with van der Waals surface area (Å²) >= 11 is 0. The van der Waals surface area contributed by atoms with E-state index in [-0.39, 0.29) is 18.1 Å². The van der Waals surface area contributed by atoms with Gasteiger partial charge in [-0.25, -0.2) is 8.42 Å². The average Bonchev–Trinajstić information content (AvgIpc) is 2.33. The highest BCUT2D eigenvalue weighted by Crippen LogP contribution is 2.28. The van der Waals surface area contributed by atoms with Crippen LogP contribution in [0.5, 0.6) is 0 Å². The fraction of sp³-hybridized carbons (Fsp3) is 0.923. The topological polar surface area (TPSA) is 89.3 Å². The number of rotatable bonds is 6. The van der Waals surface area contributed by atoms with Gasteiger partial charge in [-0.1, -0.05) is 26.2 Å². The molecule has 0 saturated heterocycles. The van der Waals surface area contributed by atoms with E-state index in [4.69, 9.17) is 5.73 Å². The average molecular weight is 290 g/mol. The molecule has 1 saturated carbocycles. The lowest BCUT2D eigenvalue weighted by atomic mass is 9.80. The Morgan fingerprint density at radius 2 is 2.00 bits per heavy atom. The van der Waals surface area contributed by atoms with Crippen LogP contribution >= 0.6 is 0 Å². The van der Waals surface area contributed by atoms with Gasteiger partial charge in [0.05, 0.1) is 11.8 Å². The Hall–Kier alpha value is -0.620. The second kappa shape index (κ2) is 7.24. The first-order chi connectivity index (χ1) is 8.79. The molecule has 0 bridgehead atoms. The van der Waals surface area contributed by atoms with Crippen molar-refractivity contribution in [3.63, 3.8) is 0 Å². The Balaban J connectivity index is 2.29. The first-order valence-corrected chi connectivity index (χ1v) is 9.06. The lowest BCUT2D eigenvalue weighted by molar-refractivity contribution is -0.122. The van der Waals surface area contributed by atoms with Gasteiger partial charge < -0.3 is 11.1 Å². The first-order valence-electron chi connectivity index (χ1n) is 7.00. The molecule has 3 unspecified atom stereocenters. The fourth-order valence-corrected chi connectivity index (χ4v) is 3.21. The van der Waals surface area contributed by atoms with Crippen molar-refractivity contribution in [1.82, 2.24) is 5.32 Å². The number of carbonyl (C=O) groups excluding carboxylic acids is 1. The molecule has 112 valence electrons. The summed E-state index contributed by atoms with van der Waals surface area (Å²) in [6.07, 6.45) is 6.22. The predicted octanol–water partition coefficient (Wildman–Crippen LogP) is 0.691. The molecule has 3 N–H and O–H groups in total. The van der Waals surface area contributed by atoms with Crippen molar-refractivity contribution >= 4 is 15.7 Å². The lowest BCUT2D eigenvalue weighted by Crippen LogP contribution is -2.44. The molecule has 1 fully saturated rings. The van der Waals surface area contributed by atoms with Crippen LogP contribution in [-0.2, 0) is 14.6 Å². The molecule has 0 aliphatic heterocycles. The van der Waals surface area contributed by atoms with Gasteiger partial charge in [0.25, 0.3) is 0 Å². The van der Waals surface area contributed by atoms with E-state index >= 15 is 0 Å². The normalized spacial score (nSPS) is 25.8. The highest BCUT2D eigenvalue weighted by atomic mass is 32.2. The molecule has 0 heterocycles. The van der Waals surface area contributed by atoms with E-state index in [9.17, 15) is 13.2 Å². The van der Waals surface area contributed by atoms with Gasteiger partial charge in [0, 0.05) is 12.8 Å². The molecule has 0 aromatic heterocycles. The van der Waals surface area contributed by atoms with Crippen molar-refractivity contribution in [2.75, 3.05) is 18.6 Å². The summed E-state index contributed by atoms with van der Waals surface area (Å²) in [5.74, 6) is 0.893. The van der Waals surface area contributed by atoms with Crippen molar-refractivity contribution in [3.05, 3.63) is 0 Å².